The van der Waals surface area contributed by atoms with Gasteiger partial charge in [-0.1, -0.05) is 54.5 Å². The van der Waals surface area contributed by atoms with Crippen LogP contribution in [-0.2, 0) is 4.79 Å². The molecule has 0 aromatic carbocycles. The normalized spacial score (nSPS) is 59.6. The van der Waals surface area contributed by atoms with Crippen molar-refractivity contribution >= 4 is 5.78 Å². The Labute approximate surface area is 197 Å². The molecule has 0 aliphatic heterocycles. The van der Waals surface area contributed by atoms with E-state index >= 15 is 0 Å². The quantitative estimate of drug-likeness (QED) is 0.468. The van der Waals surface area contributed by atoms with Gasteiger partial charge in [0, 0.05) is 12.5 Å². The number of ketones is 1. The van der Waals surface area contributed by atoms with Crippen LogP contribution in [0.1, 0.15) is 106 Å². The maximum Gasteiger partial charge on any atom is 0.158 e. The molecule has 0 spiro atoms. The Bertz CT molecular complexity index is 846. The summed E-state index contributed by atoms with van der Waals surface area (Å²) in [6.07, 6.45) is 15.7. The van der Waals surface area contributed by atoms with Crippen molar-refractivity contribution in [2.75, 3.05) is 6.61 Å². The molecule has 32 heavy (non-hydrogen) atoms. The zero-order valence-corrected chi connectivity index (χ0v) is 21.9. The van der Waals surface area contributed by atoms with Gasteiger partial charge in [0.25, 0.3) is 0 Å². The lowest BCUT2D eigenvalue weighted by Crippen LogP contribution is -2.67. The molecule has 5 aliphatic rings. The van der Waals surface area contributed by atoms with Gasteiger partial charge < -0.3 is 5.11 Å². The predicted octanol–water partition coefficient (Wildman–Crippen LogP) is 7.21. The highest BCUT2D eigenvalue weighted by Gasteiger charge is 2.70. The highest BCUT2D eigenvalue weighted by molar-refractivity contribution is 5.93. The van der Waals surface area contributed by atoms with Crippen molar-refractivity contribution in [3.8, 4) is 0 Å². The zero-order chi connectivity index (χ0) is 23.4. The van der Waals surface area contributed by atoms with E-state index in [1.165, 1.54) is 57.8 Å². The molecule has 0 amide bonds. The fourth-order valence-corrected chi connectivity index (χ4v) is 10.7. The summed E-state index contributed by atoms with van der Waals surface area (Å²) in [5.74, 6) is 2.44. The highest BCUT2D eigenvalue weighted by atomic mass is 16.3. The predicted molar refractivity (Wildman–Crippen MR) is 131 cm³/mol. The monoisotopic (exact) mass is 440 g/mol. The lowest BCUT2D eigenvalue weighted by Gasteiger charge is -2.74. The van der Waals surface area contributed by atoms with Crippen LogP contribution in [-0.4, -0.2) is 17.5 Å². The molecule has 5 aliphatic carbocycles. The van der Waals surface area contributed by atoms with E-state index in [1.807, 2.05) is 6.08 Å². The smallest absolute Gasteiger partial charge is 0.158 e. The van der Waals surface area contributed by atoms with Gasteiger partial charge >= 0.3 is 0 Å². The van der Waals surface area contributed by atoms with E-state index in [1.54, 1.807) is 0 Å². The third-order valence-electron chi connectivity index (χ3n) is 13.5. The van der Waals surface area contributed by atoms with E-state index in [2.05, 4.69) is 54.5 Å². The number of aliphatic hydroxyl groups excluding tert-OH is 1. The van der Waals surface area contributed by atoms with Crippen LogP contribution in [0.5, 0.6) is 0 Å². The van der Waals surface area contributed by atoms with Crippen LogP contribution in [0.4, 0.5) is 0 Å². The topological polar surface area (TPSA) is 37.3 Å². The fourth-order valence-electron chi connectivity index (χ4n) is 10.7. The highest BCUT2D eigenvalue weighted by Crippen LogP contribution is 2.78. The molecule has 0 radical (unpaired) electrons. The van der Waals surface area contributed by atoms with Gasteiger partial charge in [0.2, 0.25) is 0 Å². The van der Waals surface area contributed by atoms with Crippen molar-refractivity contribution in [1.82, 2.24) is 0 Å². The zero-order valence-electron chi connectivity index (χ0n) is 21.9. The first-order valence-corrected chi connectivity index (χ1v) is 13.6. The van der Waals surface area contributed by atoms with Crippen molar-refractivity contribution in [3.63, 3.8) is 0 Å². The number of allylic oxidation sites excluding steroid dienone is 2. The second kappa shape index (κ2) is 6.73. The molecule has 0 aromatic heterocycles. The number of carbonyl (C=O) groups excluding carboxylic acids is 1. The molecule has 1 N–H and O–H groups in total. The van der Waals surface area contributed by atoms with Crippen LogP contribution in [0.15, 0.2) is 12.2 Å². The van der Waals surface area contributed by atoms with Crippen LogP contribution < -0.4 is 0 Å². The van der Waals surface area contributed by atoms with Crippen LogP contribution in [0.2, 0.25) is 0 Å². The summed E-state index contributed by atoms with van der Waals surface area (Å²) < 4.78 is 0. The number of aliphatic hydroxyl groups is 1. The summed E-state index contributed by atoms with van der Waals surface area (Å²) in [7, 11) is 0. The summed E-state index contributed by atoms with van der Waals surface area (Å²) >= 11 is 0. The van der Waals surface area contributed by atoms with Crippen molar-refractivity contribution in [3.05, 3.63) is 12.2 Å². The molecule has 2 heteroatoms. The van der Waals surface area contributed by atoms with Crippen molar-refractivity contribution < 1.29 is 9.90 Å². The lowest BCUT2D eigenvalue weighted by atomic mass is 9.30. The second-order valence-electron chi connectivity index (χ2n) is 14.8. The van der Waals surface area contributed by atoms with E-state index in [9.17, 15) is 9.90 Å². The van der Waals surface area contributed by atoms with E-state index in [0.29, 0.717) is 40.5 Å². The SMILES string of the molecule is CC1C(=O)C=CC2C1(C)CCC1C2(C)CCC2(C)C3CC(C)(CO)CCC3(C)CCC12C. The molecule has 180 valence electrons. The van der Waals surface area contributed by atoms with Crippen LogP contribution in [0.25, 0.3) is 0 Å². The molecule has 10 unspecified atom stereocenters. The molecule has 0 bridgehead atoms. The second-order valence-corrected chi connectivity index (χ2v) is 14.8. The molecule has 2 nitrogen and oxygen atoms in total. The standard InChI is InChI=1S/C30H48O2/c1-20-21(32)8-9-22-27(20,4)11-10-23-28(22,5)15-17-30(7)24-18-25(2,19-31)12-13-26(24,3)14-16-29(23,30)6/h8-9,20,22-24,31H,10-19H2,1-7H3. The summed E-state index contributed by atoms with van der Waals surface area (Å²) in [6, 6.07) is 0. The van der Waals surface area contributed by atoms with Gasteiger partial charge in [0.15, 0.2) is 5.78 Å². The molecule has 0 aromatic rings. The Kier molecular flexibility index (Phi) is 4.87. The maximum atomic E-state index is 12.6. The first-order chi connectivity index (χ1) is 14.8. The average Bonchev–Trinajstić information content (AvgIpc) is 2.75. The van der Waals surface area contributed by atoms with Crippen molar-refractivity contribution in [1.29, 1.82) is 0 Å². The third kappa shape index (κ3) is 2.65. The van der Waals surface area contributed by atoms with E-state index in [0.717, 1.165) is 5.92 Å². The minimum absolute atomic E-state index is 0.0965. The van der Waals surface area contributed by atoms with Crippen LogP contribution >= 0.6 is 0 Å². The van der Waals surface area contributed by atoms with Gasteiger partial charge in [0.1, 0.15) is 0 Å². The number of hydrogen-bond acceptors (Lipinski definition) is 2. The summed E-state index contributed by atoms with van der Waals surface area (Å²) in [5.41, 5.74) is 1.62. The Morgan fingerprint density at radius 2 is 1.47 bits per heavy atom. The van der Waals surface area contributed by atoms with Gasteiger partial charge in [-0.3, -0.25) is 4.79 Å². The van der Waals surface area contributed by atoms with Gasteiger partial charge in [-0.25, -0.2) is 0 Å². The molecule has 0 heterocycles. The van der Waals surface area contributed by atoms with Crippen molar-refractivity contribution in [2.45, 2.75) is 106 Å². The Balaban J connectivity index is 1.56. The lowest BCUT2D eigenvalue weighted by molar-refractivity contribution is -0.250. The average molecular weight is 441 g/mol. The minimum atomic E-state index is 0.0965. The number of hydrogen-bond donors (Lipinski definition) is 1. The summed E-state index contributed by atoms with van der Waals surface area (Å²) in [6.45, 7) is 17.8. The molecular formula is C30H48O2. The molecule has 10 atom stereocenters. The largest absolute Gasteiger partial charge is 0.396 e. The molecule has 0 saturated heterocycles. The number of carbonyl (C=O) groups is 1. The molecule has 4 fully saturated rings. The Hall–Kier alpha value is -0.630. The van der Waals surface area contributed by atoms with Crippen LogP contribution in [0, 0.1) is 56.2 Å². The first kappa shape index (κ1) is 23.1. The van der Waals surface area contributed by atoms with E-state index < -0.39 is 0 Å². The van der Waals surface area contributed by atoms with Crippen molar-refractivity contribution in [2.24, 2.45) is 56.2 Å². The van der Waals surface area contributed by atoms with E-state index in [4.69, 9.17) is 0 Å². The first-order valence-electron chi connectivity index (χ1n) is 13.6. The van der Waals surface area contributed by atoms with Gasteiger partial charge in [-0.2, -0.15) is 0 Å². The number of fused-ring (bicyclic) bond motifs is 7. The van der Waals surface area contributed by atoms with Gasteiger partial charge in [-0.15, -0.1) is 0 Å². The molecule has 4 saturated carbocycles. The van der Waals surface area contributed by atoms with Gasteiger partial charge in [-0.05, 0) is 114 Å². The summed E-state index contributed by atoms with van der Waals surface area (Å²) in [4.78, 5) is 12.6. The maximum absolute atomic E-state index is 12.6. The number of rotatable bonds is 1. The van der Waals surface area contributed by atoms with Gasteiger partial charge in [0.05, 0.1) is 0 Å². The van der Waals surface area contributed by atoms with Crippen LogP contribution in [0.3, 0.4) is 0 Å². The minimum Gasteiger partial charge on any atom is -0.396 e. The summed E-state index contributed by atoms with van der Waals surface area (Å²) in [5, 5.41) is 10.3. The fraction of sp³-hybridized carbons (Fsp3) is 0.900. The molecule has 5 rings (SSSR count). The third-order valence-corrected chi connectivity index (χ3v) is 13.5. The van der Waals surface area contributed by atoms with E-state index in [-0.39, 0.29) is 22.2 Å². The Morgan fingerprint density at radius 3 is 2.16 bits per heavy atom. The molecular weight excluding hydrogens is 392 g/mol. The Morgan fingerprint density at radius 1 is 0.844 bits per heavy atom.